The largest absolute Gasteiger partial charge is 0.351 e. The van der Waals surface area contributed by atoms with Crippen LogP contribution < -0.4 is 5.32 Å². The SMILES string of the molecule is CC(C)(Cc1ccccc1)NC(=O)[C@H]1CCCN(S(=O)(=O)Cc2ccc(Cl)cc2Cl)C1. The van der Waals surface area contributed by atoms with E-state index < -0.39 is 15.6 Å². The summed E-state index contributed by atoms with van der Waals surface area (Å²) in [5, 5.41) is 3.90. The molecule has 1 atom stereocenters. The third-order valence-corrected chi connectivity index (χ3v) is 7.83. The van der Waals surface area contributed by atoms with Crippen LogP contribution in [0, 0.1) is 5.92 Å². The molecule has 8 heteroatoms. The van der Waals surface area contributed by atoms with Crippen molar-refractivity contribution in [2.45, 2.75) is 44.4 Å². The smallest absolute Gasteiger partial charge is 0.224 e. The summed E-state index contributed by atoms with van der Waals surface area (Å²) < 4.78 is 27.4. The molecule has 5 nitrogen and oxygen atoms in total. The summed E-state index contributed by atoms with van der Waals surface area (Å²) in [5.74, 6) is -0.693. The summed E-state index contributed by atoms with van der Waals surface area (Å²) in [5.41, 5.74) is 1.21. The van der Waals surface area contributed by atoms with Gasteiger partial charge in [-0.3, -0.25) is 4.79 Å². The summed E-state index contributed by atoms with van der Waals surface area (Å²) in [6.45, 7) is 4.56. The normalized spacial score (nSPS) is 18.0. The van der Waals surface area contributed by atoms with E-state index in [0.29, 0.717) is 41.4 Å². The Labute approximate surface area is 194 Å². The maximum Gasteiger partial charge on any atom is 0.224 e. The molecule has 0 radical (unpaired) electrons. The molecule has 0 saturated carbocycles. The standard InChI is InChI=1S/C23H28Cl2N2O3S/c1-23(2,14-17-7-4-3-5-8-17)26-22(28)18-9-6-12-27(15-18)31(29,30)16-19-10-11-20(24)13-21(19)25/h3-5,7-8,10-11,13,18H,6,9,12,14-16H2,1-2H3,(H,26,28)/t18-/m0/s1. The van der Waals surface area contributed by atoms with Crippen LogP contribution in [-0.4, -0.2) is 37.3 Å². The van der Waals surface area contributed by atoms with Gasteiger partial charge in [-0.2, -0.15) is 0 Å². The van der Waals surface area contributed by atoms with Crippen LogP contribution in [0.4, 0.5) is 0 Å². The van der Waals surface area contributed by atoms with Crippen LogP contribution in [0.25, 0.3) is 0 Å². The van der Waals surface area contributed by atoms with E-state index in [9.17, 15) is 13.2 Å². The lowest BCUT2D eigenvalue weighted by Gasteiger charge is -2.34. The van der Waals surface area contributed by atoms with E-state index in [2.05, 4.69) is 5.32 Å². The fraction of sp³-hybridized carbons (Fsp3) is 0.435. The first-order valence-electron chi connectivity index (χ1n) is 10.3. The van der Waals surface area contributed by atoms with Crippen molar-refractivity contribution < 1.29 is 13.2 Å². The van der Waals surface area contributed by atoms with Gasteiger partial charge < -0.3 is 5.32 Å². The second-order valence-corrected chi connectivity index (χ2v) is 11.5. The fourth-order valence-corrected chi connectivity index (χ4v) is 6.12. The van der Waals surface area contributed by atoms with Gasteiger partial charge in [0.15, 0.2) is 0 Å². The number of amides is 1. The highest BCUT2D eigenvalue weighted by atomic mass is 35.5. The van der Waals surface area contributed by atoms with Crippen LogP contribution in [0.15, 0.2) is 48.5 Å². The lowest BCUT2D eigenvalue weighted by molar-refractivity contribution is -0.127. The zero-order valence-electron chi connectivity index (χ0n) is 17.8. The number of nitrogens with zero attached hydrogens (tertiary/aromatic N) is 1. The van der Waals surface area contributed by atoms with Crippen molar-refractivity contribution in [2.24, 2.45) is 5.92 Å². The summed E-state index contributed by atoms with van der Waals surface area (Å²) in [6.07, 6.45) is 2.01. The van der Waals surface area contributed by atoms with E-state index in [-0.39, 0.29) is 24.1 Å². The van der Waals surface area contributed by atoms with Gasteiger partial charge in [-0.05, 0) is 56.4 Å². The lowest BCUT2D eigenvalue weighted by Crippen LogP contribution is -2.51. The van der Waals surface area contributed by atoms with Gasteiger partial charge >= 0.3 is 0 Å². The Bertz CT molecular complexity index is 1030. The topological polar surface area (TPSA) is 66.5 Å². The van der Waals surface area contributed by atoms with Crippen LogP contribution in [0.2, 0.25) is 10.0 Å². The number of rotatable bonds is 7. The number of carbonyl (C=O) groups excluding carboxylic acids is 1. The summed E-state index contributed by atoms with van der Waals surface area (Å²) in [4.78, 5) is 13.0. The van der Waals surface area contributed by atoms with Crippen LogP contribution in [0.5, 0.6) is 0 Å². The van der Waals surface area contributed by atoms with Crippen LogP contribution in [-0.2, 0) is 27.0 Å². The van der Waals surface area contributed by atoms with E-state index in [4.69, 9.17) is 23.2 Å². The van der Waals surface area contributed by atoms with Crippen molar-refractivity contribution in [3.63, 3.8) is 0 Å². The van der Waals surface area contributed by atoms with Crippen molar-refractivity contribution in [3.05, 3.63) is 69.7 Å². The number of carbonyl (C=O) groups is 1. The van der Waals surface area contributed by atoms with Gasteiger partial charge in [0.1, 0.15) is 0 Å². The van der Waals surface area contributed by atoms with E-state index in [1.807, 2.05) is 44.2 Å². The first-order chi connectivity index (χ1) is 14.6. The minimum atomic E-state index is -3.60. The zero-order chi connectivity index (χ0) is 22.6. The molecular formula is C23H28Cl2N2O3S. The monoisotopic (exact) mass is 482 g/mol. The van der Waals surface area contributed by atoms with Gasteiger partial charge in [-0.1, -0.05) is 59.6 Å². The molecule has 0 aromatic heterocycles. The fourth-order valence-electron chi connectivity index (χ4n) is 3.92. The van der Waals surface area contributed by atoms with Crippen molar-refractivity contribution in [1.29, 1.82) is 0 Å². The van der Waals surface area contributed by atoms with E-state index >= 15 is 0 Å². The molecule has 1 aliphatic rings. The molecule has 2 aromatic rings. The van der Waals surface area contributed by atoms with Gasteiger partial charge in [0, 0.05) is 28.7 Å². The lowest BCUT2D eigenvalue weighted by atomic mass is 9.92. The average Bonchev–Trinajstić information content (AvgIpc) is 2.70. The van der Waals surface area contributed by atoms with E-state index in [0.717, 1.165) is 5.56 Å². The average molecular weight is 483 g/mol. The molecule has 31 heavy (non-hydrogen) atoms. The Morgan fingerprint density at radius 1 is 1.16 bits per heavy atom. The van der Waals surface area contributed by atoms with Crippen molar-refractivity contribution in [1.82, 2.24) is 9.62 Å². The molecule has 0 spiro atoms. The number of benzene rings is 2. The summed E-state index contributed by atoms with van der Waals surface area (Å²) in [7, 11) is -3.60. The highest BCUT2D eigenvalue weighted by Crippen LogP contribution is 2.27. The molecule has 168 valence electrons. The Morgan fingerprint density at radius 2 is 1.87 bits per heavy atom. The van der Waals surface area contributed by atoms with Crippen LogP contribution >= 0.6 is 23.2 Å². The number of hydrogen-bond donors (Lipinski definition) is 1. The molecule has 0 bridgehead atoms. The minimum absolute atomic E-state index is 0.106. The van der Waals surface area contributed by atoms with Crippen molar-refractivity contribution in [2.75, 3.05) is 13.1 Å². The number of sulfonamides is 1. The number of hydrogen-bond acceptors (Lipinski definition) is 3. The maximum absolute atomic E-state index is 13.0. The Morgan fingerprint density at radius 3 is 2.55 bits per heavy atom. The summed E-state index contributed by atoms with van der Waals surface area (Å²) >= 11 is 12.1. The van der Waals surface area contributed by atoms with Gasteiger partial charge in [0.2, 0.25) is 15.9 Å². The van der Waals surface area contributed by atoms with E-state index in [1.165, 1.54) is 10.4 Å². The quantitative estimate of drug-likeness (QED) is 0.623. The van der Waals surface area contributed by atoms with Gasteiger partial charge in [-0.25, -0.2) is 12.7 Å². The van der Waals surface area contributed by atoms with Gasteiger partial charge in [0.25, 0.3) is 0 Å². The predicted molar refractivity (Wildman–Crippen MR) is 126 cm³/mol. The second kappa shape index (κ2) is 9.90. The molecule has 1 fully saturated rings. The molecule has 1 heterocycles. The van der Waals surface area contributed by atoms with Gasteiger partial charge in [-0.15, -0.1) is 0 Å². The number of halogens is 2. The summed E-state index contributed by atoms with van der Waals surface area (Å²) in [6, 6.07) is 14.8. The Kier molecular flexibility index (Phi) is 7.68. The number of nitrogens with one attached hydrogen (secondary N) is 1. The first kappa shape index (κ1) is 24.1. The molecule has 1 saturated heterocycles. The molecule has 2 aromatic carbocycles. The molecule has 1 aliphatic heterocycles. The van der Waals surface area contributed by atoms with Crippen LogP contribution in [0.3, 0.4) is 0 Å². The molecule has 0 unspecified atom stereocenters. The predicted octanol–water partition coefficient (Wildman–Crippen LogP) is 4.67. The third kappa shape index (κ3) is 6.69. The second-order valence-electron chi connectivity index (χ2n) is 8.72. The number of piperidine rings is 1. The van der Waals surface area contributed by atoms with Crippen molar-refractivity contribution >= 4 is 39.1 Å². The minimum Gasteiger partial charge on any atom is -0.351 e. The Hall–Kier alpha value is -1.60. The molecule has 3 rings (SSSR count). The van der Waals surface area contributed by atoms with Crippen molar-refractivity contribution in [3.8, 4) is 0 Å². The highest BCUT2D eigenvalue weighted by molar-refractivity contribution is 7.88. The van der Waals surface area contributed by atoms with E-state index in [1.54, 1.807) is 12.1 Å². The molecule has 0 aliphatic carbocycles. The maximum atomic E-state index is 13.0. The molecular weight excluding hydrogens is 455 g/mol. The molecule has 1 N–H and O–H groups in total. The molecule has 1 amide bonds. The van der Waals surface area contributed by atoms with Crippen LogP contribution in [0.1, 0.15) is 37.8 Å². The third-order valence-electron chi connectivity index (χ3n) is 5.45. The zero-order valence-corrected chi connectivity index (χ0v) is 20.1. The highest BCUT2D eigenvalue weighted by Gasteiger charge is 2.34. The first-order valence-corrected chi connectivity index (χ1v) is 12.7. The van der Waals surface area contributed by atoms with Gasteiger partial charge in [0.05, 0.1) is 11.7 Å². The Balaban J connectivity index is 1.64.